The number of carbonyl (C=O) groups excluding carboxylic acids is 1. The number of aliphatic hydroxyl groups is 1. The third-order valence-electron chi connectivity index (χ3n) is 4.40. The van der Waals surface area contributed by atoms with Gasteiger partial charge in [0.05, 0.1) is 33.5 Å². The fourth-order valence-corrected chi connectivity index (χ4v) is 2.85. The number of benzene rings is 1. The van der Waals surface area contributed by atoms with Crippen molar-refractivity contribution < 1.29 is 24.1 Å². The van der Waals surface area contributed by atoms with E-state index in [2.05, 4.69) is 12.2 Å². The zero-order chi connectivity index (χ0) is 19.5. The van der Waals surface area contributed by atoms with E-state index < -0.39 is 12.1 Å². The molecule has 148 valence electrons. The summed E-state index contributed by atoms with van der Waals surface area (Å²) in [6, 6.07) is 2.96. The molecule has 0 radical (unpaired) electrons. The summed E-state index contributed by atoms with van der Waals surface area (Å²) < 4.78 is 15.9. The zero-order valence-corrected chi connectivity index (χ0v) is 16.6. The molecular weight excluding hydrogens is 334 g/mol. The predicted molar refractivity (Wildman–Crippen MR) is 102 cm³/mol. The predicted octanol–water partition coefficient (Wildman–Crippen LogP) is 3.61. The molecule has 0 heterocycles. The van der Waals surface area contributed by atoms with Gasteiger partial charge in [-0.1, -0.05) is 32.6 Å². The second kappa shape index (κ2) is 11.6. The Bertz CT molecular complexity index is 536. The van der Waals surface area contributed by atoms with Crippen molar-refractivity contribution in [1.29, 1.82) is 0 Å². The summed E-state index contributed by atoms with van der Waals surface area (Å²) in [5.41, 5.74) is 0.593. The average Bonchev–Trinajstić information content (AvgIpc) is 2.65. The number of rotatable bonds is 12. The molecule has 0 aromatic heterocycles. The molecule has 0 aliphatic rings. The molecule has 2 atom stereocenters. The smallest absolute Gasteiger partial charge is 0.220 e. The van der Waals surface area contributed by atoms with E-state index in [9.17, 15) is 9.90 Å². The van der Waals surface area contributed by atoms with Gasteiger partial charge in [-0.2, -0.15) is 0 Å². The molecule has 26 heavy (non-hydrogen) atoms. The van der Waals surface area contributed by atoms with E-state index in [-0.39, 0.29) is 5.91 Å². The lowest BCUT2D eigenvalue weighted by Gasteiger charge is -2.22. The van der Waals surface area contributed by atoms with E-state index in [4.69, 9.17) is 14.2 Å². The Labute approximate surface area is 156 Å². The minimum Gasteiger partial charge on any atom is -0.493 e. The minimum absolute atomic E-state index is 0.0412. The highest BCUT2D eigenvalue weighted by Gasteiger charge is 2.22. The van der Waals surface area contributed by atoms with Gasteiger partial charge in [-0.25, -0.2) is 0 Å². The SMILES string of the molecule is CCCCCCCC(=O)N[C@H](C)[C@H](O)c1cc(OC)c(OC)c(OC)c1. The van der Waals surface area contributed by atoms with Crippen molar-refractivity contribution in [1.82, 2.24) is 5.32 Å². The van der Waals surface area contributed by atoms with Crippen molar-refractivity contribution >= 4 is 5.91 Å². The second-order valence-electron chi connectivity index (χ2n) is 6.42. The first-order valence-electron chi connectivity index (χ1n) is 9.25. The Morgan fingerprint density at radius 3 is 2.12 bits per heavy atom. The van der Waals surface area contributed by atoms with Gasteiger partial charge >= 0.3 is 0 Å². The topological polar surface area (TPSA) is 77.0 Å². The first-order valence-corrected chi connectivity index (χ1v) is 9.25. The molecule has 0 bridgehead atoms. The Morgan fingerprint density at radius 2 is 1.62 bits per heavy atom. The van der Waals surface area contributed by atoms with Crippen LogP contribution in [0.25, 0.3) is 0 Å². The average molecular weight is 367 g/mol. The van der Waals surface area contributed by atoms with Gasteiger partial charge in [0.15, 0.2) is 11.5 Å². The minimum atomic E-state index is -0.882. The van der Waals surface area contributed by atoms with Crippen LogP contribution in [-0.2, 0) is 4.79 Å². The van der Waals surface area contributed by atoms with Gasteiger partial charge in [0.25, 0.3) is 0 Å². The normalized spacial score (nSPS) is 13.0. The Balaban J connectivity index is 2.70. The molecule has 0 saturated heterocycles. The zero-order valence-electron chi connectivity index (χ0n) is 16.6. The first kappa shape index (κ1) is 22.1. The highest BCUT2D eigenvalue weighted by atomic mass is 16.5. The van der Waals surface area contributed by atoms with Crippen LogP contribution in [0, 0.1) is 0 Å². The summed E-state index contributed by atoms with van der Waals surface area (Å²) in [6.45, 7) is 3.95. The third kappa shape index (κ3) is 6.41. The molecule has 0 saturated carbocycles. The monoisotopic (exact) mass is 367 g/mol. The summed E-state index contributed by atoms with van der Waals surface area (Å²) in [5, 5.41) is 13.5. The molecule has 0 unspecified atom stereocenters. The van der Waals surface area contributed by atoms with Gasteiger partial charge in [0.1, 0.15) is 0 Å². The lowest BCUT2D eigenvalue weighted by molar-refractivity contribution is -0.122. The van der Waals surface area contributed by atoms with Crippen LogP contribution in [0.3, 0.4) is 0 Å². The van der Waals surface area contributed by atoms with E-state index in [0.717, 1.165) is 19.3 Å². The van der Waals surface area contributed by atoms with Crippen LogP contribution in [0.5, 0.6) is 17.2 Å². The van der Waals surface area contributed by atoms with Crippen molar-refractivity contribution in [2.24, 2.45) is 0 Å². The summed E-state index contributed by atoms with van der Waals surface area (Å²) in [5.74, 6) is 1.36. The molecule has 0 fully saturated rings. The molecule has 0 aliphatic carbocycles. The number of unbranched alkanes of at least 4 members (excludes halogenated alkanes) is 4. The molecule has 0 spiro atoms. The fourth-order valence-electron chi connectivity index (χ4n) is 2.85. The molecular formula is C20H33NO5. The number of ether oxygens (including phenoxy) is 3. The molecule has 6 heteroatoms. The standard InChI is InChI=1S/C20H33NO5/c1-6-7-8-9-10-11-18(22)21-14(2)19(23)15-12-16(24-3)20(26-5)17(13-15)25-4/h12-14,19,23H,6-11H2,1-5H3,(H,21,22)/t14-,19+/m1/s1. The van der Waals surface area contributed by atoms with E-state index in [1.54, 1.807) is 19.1 Å². The van der Waals surface area contributed by atoms with Gasteiger partial charge in [-0.3, -0.25) is 4.79 Å². The van der Waals surface area contributed by atoms with Gasteiger partial charge in [0.2, 0.25) is 11.7 Å². The second-order valence-corrected chi connectivity index (χ2v) is 6.42. The van der Waals surface area contributed by atoms with E-state index >= 15 is 0 Å². The number of aliphatic hydroxyl groups excluding tert-OH is 1. The number of hydrogen-bond acceptors (Lipinski definition) is 5. The van der Waals surface area contributed by atoms with Crippen LogP contribution in [0.15, 0.2) is 12.1 Å². The van der Waals surface area contributed by atoms with Crippen molar-refractivity contribution in [2.75, 3.05) is 21.3 Å². The first-order chi connectivity index (χ1) is 12.5. The maximum absolute atomic E-state index is 12.1. The summed E-state index contributed by atoms with van der Waals surface area (Å²) in [6.07, 6.45) is 5.09. The van der Waals surface area contributed by atoms with Gasteiger partial charge < -0.3 is 24.6 Å². The number of methoxy groups -OCH3 is 3. The summed E-state index contributed by atoms with van der Waals surface area (Å²) in [4.78, 5) is 12.1. The quantitative estimate of drug-likeness (QED) is 0.552. The molecule has 1 amide bonds. The van der Waals surface area contributed by atoms with Gasteiger partial charge in [-0.15, -0.1) is 0 Å². The van der Waals surface area contributed by atoms with Crippen molar-refractivity contribution in [3.63, 3.8) is 0 Å². The summed E-state index contributed by atoms with van der Waals surface area (Å²) in [7, 11) is 4.58. The van der Waals surface area contributed by atoms with Crippen molar-refractivity contribution in [2.45, 2.75) is 64.5 Å². The third-order valence-corrected chi connectivity index (χ3v) is 4.40. The maximum atomic E-state index is 12.1. The van der Waals surface area contributed by atoms with Crippen LogP contribution in [0.1, 0.15) is 64.0 Å². The van der Waals surface area contributed by atoms with E-state index in [1.807, 2.05) is 0 Å². The highest BCUT2D eigenvalue weighted by molar-refractivity contribution is 5.76. The molecule has 2 N–H and O–H groups in total. The van der Waals surface area contributed by atoms with Crippen LogP contribution in [0.2, 0.25) is 0 Å². The maximum Gasteiger partial charge on any atom is 0.220 e. The Kier molecular flexibility index (Phi) is 9.88. The molecule has 1 aromatic rings. The lowest BCUT2D eigenvalue weighted by Crippen LogP contribution is -2.36. The van der Waals surface area contributed by atoms with Crippen LogP contribution in [-0.4, -0.2) is 38.4 Å². The Morgan fingerprint density at radius 1 is 1.04 bits per heavy atom. The Hall–Kier alpha value is -1.95. The largest absolute Gasteiger partial charge is 0.493 e. The van der Waals surface area contributed by atoms with Crippen molar-refractivity contribution in [3.05, 3.63) is 17.7 Å². The number of hydrogen-bond donors (Lipinski definition) is 2. The van der Waals surface area contributed by atoms with Crippen LogP contribution < -0.4 is 19.5 Å². The number of carbonyl (C=O) groups is 1. The number of nitrogens with one attached hydrogen (secondary N) is 1. The van der Waals surface area contributed by atoms with Gasteiger partial charge in [0, 0.05) is 6.42 Å². The highest BCUT2D eigenvalue weighted by Crippen LogP contribution is 2.40. The van der Waals surface area contributed by atoms with E-state index in [0.29, 0.717) is 29.2 Å². The van der Waals surface area contributed by atoms with Gasteiger partial charge in [-0.05, 0) is 31.0 Å². The molecule has 1 rings (SSSR count). The van der Waals surface area contributed by atoms with Crippen molar-refractivity contribution in [3.8, 4) is 17.2 Å². The fraction of sp³-hybridized carbons (Fsp3) is 0.650. The lowest BCUT2D eigenvalue weighted by atomic mass is 10.0. The molecule has 1 aromatic carbocycles. The van der Waals surface area contributed by atoms with E-state index in [1.165, 1.54) is 34.2 Å². The van der Waals surface area contributed by atoms with Crippen LogP contribution in [0.4, 0.5) is 0 Å². The van der Waals surface area contributed by atoms with Crippen LogP contribution >= 0.6 is 0 Å². The molecule has 0 aliphatic heterocycles. The summed E-state index contributed by atoms with van der Waals surface area (Å²) >= 11 is 0. The number of amides is 1. The molecule has 6 nitrogen and oxygen atoms in total.